The molecule has 1 aliphatic heterocycles. The minimum atomic E-state index is -0.375. The number of carbonyl (C=O) groups is 1. The molecule has 2 fully saturated rings. The number of piperidine rings is 1. The van der Waals surface area contributed by atoms with Crippen LogP contribution in [0, 0.1) is 0 Å². The van der Waals surface area contributed by atoms with Gasteiger partial charge in [0.2, 0.25) is 0 Å². The van der Waals surface area contributed by atoms with E-state index in [1.165, 1.54) is 38.5 Å². The molecule has 4 nitrogen and oxygen atoms in total. The molecule has 4 heteroatoms. The average molecular weight is 316 g/mol. The Morgan fingerprint density at radius 1 is 1.09 bits per heavy atom. The lowest BCUT2D eigenvalue weighted by atomic mass is 10.1. The summed E-state index contributed by atoms with van der Waals surface area (Å²) in [6.07, 6.45) is 9.01. The van der Waals surface area contributed by atoms with Gasteiger partial charge in [-0.15, -0.1) is 0 Å². The van der Waals surface area contributed by atoms with E-state index in [1.54, 1.807) is 4.90 Å². The third-order valence-electron chi connectivity index (χ3n) is 5.02. The molecule has 1 aliphatic carbocycles. The van der Waals surface area contributed by atoms with Crippen molar-refractivity contribution in [2.24, 2.45) is 0 Å². The number of nitrogens with zero attached hydrogens (tertiary/aromatic N) is 1. The van der Waals surface area contributed by atoms with Gasteiger partial charge in [0.05, 0.1) is 6.10 Å². The van der Waals surface area contributed by atoms with Gasteiger partial charge in [0.25, 0.3) is 5.91 Å². The molecule has 1 atom stereocenters. The Labute approximate surface area is 138 Å². The molecule has 126 valence electrons. The number of anilines is 1. The molecular weight excluding hydrogens is 288 g/mol. The first-order valence-electron chi connectivity index (χ1n) is 9.06. The molecule has 1 aromatic rings. The van der Waals surface area contributed by atoms with Crippen LogP contribution in [0.4, 0.5) is 5.69 Å². The largest absolute Gasteiger partial charge is 0.391 e. The fourth-order valence-corrected chi connectivity index (χ4v) is 3.72. The number of likely N-dealkylation sites (tertiary alicyclic amines) is 1. The zero-order valence-corrected chi connectivity index (χ0v) is 13.8. The van der Waals surface area contributed by atoms with Gasteiger partial charge in [0, 0.05) is 30.4 Å². The second-order valence-corrected chi connectivity index (χ2v) is 6.96. The molecule has 23 heavy (non-hydrogen) atoms. The van der Waals surface area contributed by atoms with Gasteiger partial charge in [-0.25, -0.2) is 0 Å². The van der Waals surface area contributed by atoms with Crippen LogP contribution in [0.2, 0.25) is 0 Å². The van der Waals surface area contributed by atoms with Crippen molar-refractivity contribution in [2.75, 3.05) is 18.4 Å². The van der Waals surface area contributed by atoms with E-state index in [1.807, 2.05) is 24.3 Å². The van der Waals surface area contributed by atoms with E-state index in [4.69, 9.17) is 0 Å². The van der Waals surface area contributed by atoms with Crippen LogP contribution in [0.3, 0.4) is 0 Å². The van der Waals surface area contributed by atoms with Crippen LogP contribution in [-0.2, 0) is 0 Å². The van der Waals surface area contributed by atoms with Crippen molar-refractivity contribution in [1.82, 2.24) is 4.90 Å². The van der Waals surface area contributed by atoms with Gasteiger partial charge < -0.3 is 15.3 Å². The SMILES string of the molecule is O=C(c1cccc(NC2CCCCCC2)c1)N1CCCC(O)C1. The van der Waals surface area contributed by atoms with Crippen molar-refractivity contribution in [3.05, 3.63) is 29.8 Å². The smallest absolute Gasteiger partial charge is 0.254 e. The first kappa shape index (κ1) is 16.3. The van der Waals surface area contributed by atoms with Crippen molar-refractivity contribution in [1.29, 1.82) is 0 Å². The van der Waals surface area contributed by atoms with Gasteiger partial charge in [0.15, 0.2) is 0 Å². The predicted molar refractivity (Wildman–Crippen MR) is 92.7 cm³/mol. The fraction of sp³-hybridized carbons (Fsp3) is 0.632. The van der Waals surface area contributed by atoms with Gasteiger partial charge in [-0.2, -0.15) is 0 Å². The highest BCUT2D eigenvalue weighted by Gasteiger charge is 2.23. The fourth-order valence-electron chi connectivity index (χ4n) is 3.72. The molecule has 1 amide bonds. The van der Waals surface area contributed by atoms with Gasteiger partial charge >= 0.3 is 0 Å². The van der Waals surface area contributed by atoms with Gasteiger partial charge in [-0.05, 0) is 43.9 Å². The number of hydrogen-bond acceptors (Lipinski definition) is 3. The molecule has 2 N–H and O–H groups in total. The van der Waals surface area contributed by atoms with Crippen LogP contribution in [0.15, 0.2) is 24.3 Å². The Kier molecular flexibility index (Phi) is 5.55. The summed E-state index contributed by atoms with van der Waals surface area (Å²) in [4.78, 5) is 14.4. The summed E-state index contributed by atoms with van der Waals surface area (Å²) < 4.78 is 0. The van der Waals surface area contributed by atoms with E-state index in [9.17, 15) is 9.90 Å². The molecule has 0 radical (unpaired) electrons. The van der Waals surface area contributed by atoms with Crippen LogP contribution in [0.25, 0.3) is 0 Å². The molecule has 0 aromatic heterocycles. The minimum absolute atomic E-state index is 0.0354. The van der Waals surface area contributed by atoms with E-state index < -0.39 is 0 Å². The number of hydrogen-bond donors (Lipinski definition) is 2. The number of aliphatic hydroxyl groups is 1. The lowest BCUT2D eigenvalue weighted by Gasteiger charge is -2.30. The summed E-state index contributed by atoms with van der Waals surface area (Å²) in [5.74, 6) is 0.0354. The van der Waals surface area contributed by atoms with Gasteiger partial charge in [0.1, 0.15) is 0 Å². The zero-order chi connectivity index (χ0) is 16.1. The summed E-state index contributed by atoms with van der Waals surface area (Å²) in [6.45, 7) is 1.20. The molecule has 1 unspecified atom stereocenters. The van der Waals surface area contributed by atoms with Crippen LogP contribution in [-0.4, -0.2) is 41.1 Å². The molecule has 3 rings (SSSR count). The summed E-state index contributed by atoms with van der Waals surface area (Å²) in [5, 5.41) is 13.4. The Hall–Kier alpha value is -1.55. The van der Waals surface area contributed by atoms with Crippen molar-refractivity contribution >= 4 is 11.6 Å². The Bertz CT molecular complexity index is 524. The lowest BCUT2D eigenvalue weighted by Crippen LogP contribution is -2.42. The molecule has 1 saturated carbocycles. The summed E-state index contributed by atoms with van der Waals surface area (Å²) in [7, 11) is 0. The number of carbonyl (C=O) groups excluding carboxylic acids is 1. The molecule has 1 aromatic carbocycles. The standard InChI is InChI=1S/C19H28N2O2/c22-18-11-6-12-21(14-18)19(23)15-7-5-10-17(13-15)20-16-8-3-1-2-4-9-16/h5,7,10,13,16,18,20,22H,1-4,6,8-9,11-12,14H2. The van der Waals surface area contributed by atoms with Crippen molar-refractivity contribution in [3.8, 4) is 0 Å². The van der Waals surface area contributed by atoms with E-state index in [0.717, 1.165) is 30.6 Å². The molecule has 2 aliphatic rings. The van der Waals surface area contributed by atoms with Gasteiger partial charge in [-0.3, -0.25) is 4.79 Å². The third-order valence-corrected chi connectivity index (χ3v) is 5.02. The zero-order valence-electron chi connectivity index (χ0n) is 13.8. The van der Waals surface area contributed by atoms with Crippen molar-refractivity contribution < 1.29 is 9.90 Å². The molecule has 0 spiro atoms. The monoisotopic (exact) mass is 316 g/mol. The maximum atomic E-state index is 12.6. The van der Waals surface area contributed by atoms with E-state index in [2.05, 4.69) is 5.32 Å². The Morgan fingerprint density at radius 3 is 2.61 bits per heavy atom. The number of benzene rings is 1. The second-order valence-electron chi connectivity index (χ2n) is 6.96. The number of rotatable bonds is 3. The average Bonchev–Trinajstić information content (AvgIpc) is 2.83. The Balaban J connectivity index is 1.65. The molecule has 1 saturated heterocycles. The maximum absolute atomic E-state index is 12.6. The highest BCUT2D eigenvalue weighted by molar-refractivity contribution is 5.95. The lowest BCUT2D eigenvalue weighted by molar-refractivity contribution is 0.0474. The minimum Gasteiger partial charge on any atom is -0.391 e. The topological polar surface area (TPSA) is 52.6 Å². The summed E-state index contributed by atoms with van der Waals surface area (Å²) in [5.41, 5.74) is 1.76. The Morgan fingerprint density at radius 2 is 1.87 bits per heavy atom. The third kappa shape index (κ3) is 4.47. The number of aliphatic hydroxyl groups excluding tert-OH is 1. The van der Waals surface area contributed by atoms with E-state index >= 15 is 0 Å². The van der Waals surface area contributed by atoms with Crippen molar-refractivity contribution in [3.63, 3.8) is 0 Å². The quantitative estimate of drug-likeness (QED) is 0.840. The highest BCUT2D eigenvalue weighted by atomic mass is 16.3. The van der Waals surface area contributed by atoms with Crippen LogP contribution in [0.1, 0.15) is 61.7 Å². The second kappa shape index (κ2) is 7.82. The maximum Gasteiger partial charge on any atom is 0.254 e. The number of nitrogens with one attached hydrogen (secondary N) is 1. The van der Waals surface area contributed by atoms with Crippen LogP contribution in [0.5, 0.6) is 0 Å². The first-order valence-corrected chi connectivity index (χ1v) is 9.06. The molecular formula is C19H28N2O2. The van der Waals surface area contributed by atoms with Gasteiger partial charge in [-0.1, -0.05) is 31.7 Å². The predicted octanol–water partition coefficient (Wildman–Crippen LogP) is 3.42. The normalized spacial score (nSPS) is 23.3. The summed E-state index contributed by atoms with van der Waals surface area (Å²) >= 11 is 0. The van der Waals surface area contributed by atoms with Crippen molar-refractivity contribution in [2.45, 2.75) is 63.5 Å². The molecule has 0 bridgehead atoms. The van der Waals surface area contributed by atoms with E-state index in [0.29, 0.717) is 12.6 Å². The van der Waals surface area contributed by atoms with Crippen LogP contribution >= 0.6 is 0 Å². The van der Waals surface area contributed by atoms with Crippen LogP contribution < -0.4 is 5.32 Å². The summed E-state index contributed by atoms with van der Waals surface area (Å²) in [6, 6.07) is 8.37. The first-order chi connectivity index (χ1) is 11.2. The number of β-amino-alcohol motifs (C(OH)–C–C–N with tert-alkyl or cyclic N) is 1. The van der Waals surface area contributed by atoms with E-state index in [-0.39, 0.29) is 12.0 Å². The highest BCUT2D eigenvalue weighted by Crippen LogP contribution is 2.22. The molecule has 1 heterocycles. The number of amides is 1.